The number of pyridine rings is 1. The maximum absolute atomic E-state index is 10.2. The molecule has 0 aliphatic carbocycles. The molecule has 0 saturated heterocycles. The van der Waals surface area contributed by atoms with Crippen molar-refractivity contribution in [3.63, 3.8) is 0 Å². The van der Waals surface area contributed by atoms with E-state index in [1.54, 1.807) is 0 Å². The molecule has 0 radical (unpaired) electrons. The molecule has 0 fully saturated rings. The van der Waals surface area contributed by atoms with Crippen LogP contribution in [0, 0.1) is 10.1 Å². The highest BCUT2D eigenvalue weighted by Gasteiger charge is 2.06. The zero-order valence-electron chi connectivity index (χ0n) is 5.78. The van der Waals surface area contributed by atoms with E-state index in [4.69, 9.17) is 5.53 Å². The summed E-state index contributed by atoms with van der Waals surface area (Å²) < 4.78 is 0. The van der Waals surface area contributed by atoms with Gasteiger partial charge in [0.2, 0.25) is 5.82 Å². The highest BCUT2D eigenvalue weighted by molar-refractivity contribution is 5.33. The zero-order chi connectivity index (χ0) is 8.97. The monoisotopic (exact) mass is 165 g/mol. The lowest BCUT2D eigenvalue weighted by atomic mass is 10.4. The van der Waals surface area contributed by atoms with E-state index in [0.29, 0.717) is 0 Å². The molecule has 0 saturated carbocycles. The summed E-state index contributed by atoms with van der Waals surface area (Å²) in [5.41, 5.74) is 8.00. The van der Waals surface area contributed by atoms with Crippen molar-refractivity contribution in [2.45, 2.75) is 0 Å². The summed E-state index contributed by atoms with van der Waals surface area (Å²) in [6, 6.07) is 4.00. The average Bonchev–Trinajstić information content (AvgIpc) is 2.05. The molecule has 0 aromatic carbocycles. The molecule has 0 aliphatic rings. The standard InChI is InChI=1S/C5H3N5O2/c6-9-8-4-2-1-3-5(7-4)10(11)12/h1-3H. The first kappa shape index (κ1) is 7.96. The predicted molar refractivity (Wildman–Crippen MR) is 39.7 cm³/mol. The topological polar surface area (TPSA) is 105 Å². The van der Waals surface area contributed by atoms with Crippen LogP contribution in [0.1, 0.15) is 0 Å². The molecule has 7 heteroatoms. The largest absolute Gasteiger partial charge is 0.363 e. The maximum atomic E-state index is 10.2. The number of nitro groups is 1. The number of hydrogen-bond donors (Lipinski definition) is 0. The van der Waals surface area contributed by atoms with Crippen molar-refractivity contribution in [3.05, 3.63) is 38.8 Å². The number of azide groups is 1. The summed E-state index contributed by atoms with van der Waals surface area (Å²) in [6.45, 7) is 0. The molecule has 12 heavy (non-hydrogen) atoms. The van der Waals surface area contributed by atoms with E-state index >= 15 is 0 Å². The second-order valence-electron chi connectivity index (χ2n) is 1.80. The van der Waals surface area contributed by atoms with Gasteiger partial charge in [-0.1, -0.05) is 0 Å². The number of hydrogen-bond acceptors (Lipinski definition) is 4. The van der Waals surface area contributed by atoms with Crippen molar-refractivity contribution < 1.29 is 4.92 Å². The minimum atomic E-state index is -0.656. The van der Waals surface area contributed by atoms with E-state index in [9.17, 15) is 10.1 Å². The number of rotatable bonds is 2. The summed E-state index contributed by atoms with van der Waals surface area (Å²) in [5.74, 6) is -0.341. The Morgan fingerprint density at radius 1 is 1.67 bits per heavy atom. The van der Waals surface area contributed by atoms with E-state index in [0.717, 1.165) is 0 Å². The Hall–Kier alpha value is -2.14. The van der Waals surface area contributed by atoms with Crippen LogP contribution >= 0.6 is 0 Å². The zero-order valence-corrected chi connectivity index (χ0v) is 5.78. The van der Waals surface area contributed by atoms with Gasteiger partial charge in [-0.15, -0.1) is 0 Å². The molecule has 0 bridgehead atoms. The molecular weight excluding hydrogens is 162 g/mol. The minimum absolute atomic E-state index is 0.00769. The van der Waals surface area contributed by atoms with Crippen LogP contribution in [0.3, 0.4) is 0 Å². The maximum Gasteiger partial charge on any atom is 0.363 e. The average molecular weight is 165 g/mol. The van der Waals surface area contributed by atoms with Crippen molar-refractivity contribution in [1.82, 2.24) is 4.98 Å². The SMILES string of the molecule is [N-]=[N+]=Nc1cccc([N+](=O)[O-])n1. The predicted octanol–water partition coefficient (Wildman–Crippen LogP) is 1.93. The van der Waals surface area contributed by atoms with Gasteiger partial charge in [-0.3, -0.25) is 0 Å². The van der Waals surface area contributed by atoms with Crippen LogP contribution in [-0.2, 0) is 0 Å². The van der Waals surface area contributed by atoms with Crippen LogP contribution < -0.4 is 0 Å². The highest BCUT2D eigenvalue weighted by Crippen LogP contribution is 2.13. The molecule has 1 aromatic rings. The fourth-order valence-electron chi connectivity index (χ4n) is 0.615. The third-order valence-electron chi connectivity index (χ3n) is 1.05. The van der Waals surface area contributed by atoms with Gasteiger partial charge in [-0.25, -0.2) is 0 Å². The van der Waals surface area contributed by atoms with Crippen molar-refractivity contribution in [2.75, 3.05) is 0 Å². The van der Waals surface area contributed by atoms with Crippen LogP contribution in [0.15, 0.2) is 23.3 Å². The molecule has 0 atom stereocenters. The fourth-order valence-corrected chi connectivity index (χ4v) is 0.615. The van der Waals surface area contributed by atoms with Crippen LogP contribution in [-0.4, -0.2) is 9.91 Å². The Morgan fingerprint density at radius 3 is 3.00 bits per heavy atom. The molecule has 1 aromatic heterocycles. The van der Waals surface area contributed by atoms with Gasteiger partial charge < -0.3 is 10.1 Å². The fraction of sp³-hybridized carbons (Fsp3) is 0. The van der Waals surface area contributed by atoms with Crippen molar-refractivity contribution in [3.8, 4) is 0 Å². The first-order valence-corrected chi connectivity index (χ1v) is 2.90. The van der Waals surface area contributed by atoms with Gasteiger partial charge in [-0.2, -0.15) is 0 Å². The lowest BCUT2D eigenvalue weighted by Crippen LogP contribution is -1.90. The van der Waals surface area contributed by atoms with E-state index < -0.39 is 4.92 Å². The second kappa shape index (κ2) is 3.31. The first-order valence-electron chi connectivity index (χ1n) is 2.90. The Morgan fingerprint density at radius 2 is 2.42 bits per heavy atom. The Bertz CT molecular complexity index is 339. The molecule has 0 spiro atoms. The third kappa shape index (κ3) is 1.68. The summed E-state index contributed by atoms with van der Waals surface area (Å²) in [5, 5.41) is 13.3. The molecule has 1 rings (SSSR count). The molecule has 7 nitrogen and oxygen atoms in total. The van der Waals surface area contributed by atoms with Gasteiger partial charge in [0.25, 0.3) is 0 Å². The van der Waals surface area contributed by atoms with Gasteiger partial charge in [-0.05, 0) is 32.7 Å². The van der Waals surface area contributed by atoms with Crippen LogP contribution in [0.4, 0.5) is 11.6 Å². The third-order valence-corrected chi connectivity index (χ3v) is 1.05. The minimum Gasteiger partial charge on any atom is -0.358 e. The molecule has 0 N–H and O–H groups in total. The number of aromatic nitrogens is 1. The van der Waals surface area contributed by atoms with E-state index in [1.807, 2.05) is 0 Å². The smallest absolute Gasteiger partial charge is 0.358 e. The van der Waals surface area contributed by atoms with Crippen LogP contribution in [0.5, 0.6) is 0 Å². The number of nitrogens with zero attached hydrogens (tertiary/aromatic N) is 5. The Kier molecular flexibility index (Phi) is 2.20. The Balaban J connectivity index is 3.11. The van der Waals surface area contributed by atoms with Crippen molar-refractivity contribution in [1.29, 1.82) is 0 Å². The molecular formula is C5H3N5O2. The van der Waals surface area contributed by atoms with Gasteiger partial charge in [0.05, 0.1) is 0 Å². The normalized spacial score (nSPS) is 8.67. The second-order valence-corrected chi connectivity index (χ2v) is 1.80. The van der Waals surface area contributed by atoms with Crippen LogP contribution in [0.2, 0.25) is 0 Å². The van der Waals surface area contributed by atoms with E-state index in [-0.39, 0.29) is 11.6 Å². The molecule has 0 amide bonds. The summed E-state index contributed by atoms with van der Waals surface area (Å²) in [7, 11) is 0. The Labute approximate surface area is 66.4 Å². The van der Waals surface area contributed by atoms with Gasteiger partial charge in [0.15, 0.2) is 0 Å². The van der Waals surface area contributed by atoms with Gasteiger partial charge in [0, 0.05) is 11.0 Å². The molecule has 1 heterocycles. The van der Waals surface area contributed by atoms with E-state index in [2.05, 4.69) is 15.0 Å². The van der Waals surface area contributed by atoms with Crippen molar-refractivity contribution >= 4 is 11.6 Å². The van der Waals surface area contributed by atoms with Crippen molar-refractivity contribution in [2.24, 2.45) is 5.11 Å². The lowest BCUT2D eigenvalue weighted by Gasteiger charge is -1.89. The highest BCUT2D eigenvalue weighted by atomic mass is 16.6. The van der Waals surface area contributed by atoms with Gasteiger partial charge in [0.1, 0.15) is 0 Å². The molecule has 60 valence electrons. The molecule has 0 aliphatic heterocycles. The van der Waals surface area contributed by atoms with Gasteiger partial charge >= 0.3 is 5.82 Å². The molecule has 0 unspecified atom stereocenters. The summed E-state index contributed by atoms with van der Waals surface area (Å²) >= 11 is 0. The first-order chi connectivity index (χ1) is 5.74. The lowest BCUT2D eigenvalue weighted by molar-refractivity contribution is -0.389. The quantitative estimate of drug-likeness (QED) is 0.219. The summed E-state index contributed by atoms with van der Waals surface area (Å²) in [6.07, 6.45) is 0. The van der Waals surface area contributed by atoms with Crippen LogP contribution in [0.25, 0.3) is 10.4 Å². The van der Waals surface area contributed by atoms with E-state index in [1.165, 1.54) is 18.2 Å². The summed E-state index contributed by atoms with van der Waals surface area (Å²) in [4.78, 5) is 15.4.